The molecule has 3 nitrogen and oxygen atoms in total. The zero-order valence-corrected chi connectivity index (χ0v) is 10.5. The summed E-state index contributed by atoms with van der Waals surface area (Å²) in [5.74, 6) is 1.12. The van der Waals surface area contributed by atoms with E-state index in [0.717, 1.165) is 24.2 Å². The third-order valence-corrected chi connectivity index (χ3v) is 3.26. The lowest BCUT2D eigenvalue weighted by atomic mass is 9.89. The van der Waals surface area contributed by atoms with E-state index in [4.69, 9.17) is 9.47 Å². The minimum absolute atomic E-state index is 0.319. The van der Waals surface area contributed by atoms with Crippen molar-refractivity contribution in [3.63, 3.8) is 0 Å². The topological polar surface area (TPSA) is 38.7 Å². The predicted molar refractivity (Wildman–Crippen MR) is 66.1 cm³/mol. The molecule has 1 atom stereocenters. The number of hydrogen-bond acceptors (Lipinski definition) is 3. The quantitative estimate of drug-likeness (QED) is 0.824. The van der Waals surface area contributed by atoms with Crippen molar-refractivity contribution < 1.29 is 14.6 Å². The highest BCUT2D eigenvalue weighted by atomic mass is 16.5. The number of rotatable bonds is 6. The monoisotopic (exact) mass is 236 g/mol. The Bertz CT molecular complexity index is 373. The van der Waals surface area contributed by atoms with Gasteiger partial charge in [-0.1, -0.05) is 12.1 Å². The zero-order valence-electron chi connectivity index (χ0n) is 10.5. The summed E-state index contributed by atoms with van der Waals surface area (Å²) in [6.07, 6.45) is 2.14. The fourth-order valence-corrected chi connectivity index (χ4v) is 2.24. The van der Waals surface area contributed by atoms with E-state index in [9.17, 15) is 5.11 Å². The van der Waals surface area contributed by atoms with Crippen molar-refractivity contribution in [2.75, 3.05) is 20.3 Å². The van der Waals surface area contributed by atoms with Gasteiger partial charge < -0.3 is 14.6 Å². The Balaban J connectivity index is 2.25. The number of hydrogen-bond donors (Lipinski definition) is 1. The Morgan fingerprint density at radius 2 is 2.18 bits per heavy atom. The van der Waals surface area contributed by atoms with Crippen molar-refractivity contribution in [3.05, 3.63) is 29.8 Å². The number of ether oxygens (including phenoxy) is 2. The van der Waals surface area contributed by atoms with E-state index < -0.39 is 5.60 Å². The van der Waals surface area contributed by atoms with Crippen molar-refractivity contribution in [2.45, 2.75) is 25.4 Å². The standard InChI is InChI=1S/C14H20O3/c1-3-17-13-6-4-5-12(9-13)14(15,10-16-2)11-7-8-11/h4-6,9,11,15H,3,7-8,10H2,1-2H3. The van der Waals surface area contributed by atoms with Gasteiger partial charge in [-0.05, 0) is 43.4 Å². The van der Waals surface area contributed by atoms with Crippen LogP contribution < -0.4 is 4.74 Å². The summed E-state index contributed by atoms with van der Waals surface area (Å²) in [6.45, 7) is 2.93. The van der Waals surface area contributed by atoms with Gasteiger partial charge in [-0.25, -0.2) is 0 Å². The van der Waals surface area contributed by atoms with Gasteiger partial charge in [0.15, 0.2) is 0 Å². The second-order valence-electron chi connectivity index (χ2n) is 4.59. The Morgan fingerprint density at radius 3 is 2.76 bits per heavy atom. The van der Waals surface area contributed by atoms with Gasteiger partial charge >= 0.3 is 0 Å². The number of methoxy groups -OCH3 is 1. The van der Waals surface area contributed by atoms with Crippen molar-refractivity contribution in [2.24, 2.45) is 5.92 Å². The molecule has 1 unspecified atom stereocenters. The lowest BCUT2D eigenvalue weighted by Gasteiger charge is -2.28. The Labute approximate surface area is 102 Å². The van der Waals surface area contributed by atoms with E-state index >= 15 is 0 Å². The molecule has 0 amide bonds. The lowest BCUT2D eigenvalue weighted by Crippen LogP contribution is -2.33. The molecule has 1 saturated carbocycles. The van der Waals surface area contributed by atoms with Crippen LogP contribution in [0.3, 0.4) is 0 Å². The molecule has 3 heteroatoms. The highest BCUT2D eigenvalue weighted by Crippen LogP contribution is 2.46. The molecule has 1 aromatic carbocycles. The molecule has 0 heterocycles. The van der Waals surface area contributed by atoms with Gasteiger partial charge in [-0.15, -0.1) is 0 Å². The highest BCUT2D eigenvalue weighted by molar-refractivity contribution is 5.33. The van der Waals surface area contributed by atoms with Gasteiger partial charge in [-0.3, -0.25) is 0 Å². The third-order valence-electron chi connectivity index (χ3n) is 3.26. The average Bonchev–Trinajstić information content (AvgIpc) is 3.14. The zero-order chi connectivity index (χ0) is 12.3. The van der Waals surface area contributed by atoms with Crippen molar-refractivity contribution >= 4 is 0 Å². The first kappa shape index (κ1) is 12.4. The minimum Gasteiger partial charge on any atom is -0.494 e. The average molecular weight is 236 g/mol. The minimum atomic E-state index is -0.859. The number of benzene rings is 1. The van der Waals surface area contributed by atoms with Crippen LogP contribution in [0.25, 0.3) is 0 Å². The molecule has 0 aromatic heterocycles. The summed E-state index contributed by atoms with van der Waals surface area (Å²) < 4.78 is 10.6. The molecule has 1 aliphatic carbocycles. The molecule has 0 spiro atoms. The molecule has 1 aliphatic rings. The van der Waals surface area contributed by atoms with E-state index in [1.807, 2.05) is 31.2 Å². The molecule has 0 bridgehead atoms. The molecule has 1 fully saturated rings. The van der Waals surface area contributed by atoms with Gasteiger partial charge in [-0.2, -0.15) is 0 Å². The molecule has 1 aromatic rings. The van der Waals surface area contributed by atoms with Crippen LogP contribution in [0.15, 0.2) is 24.3 Å². The van der Waals surface area contributed by atoms with Crippen LogP contribution in [-0.4, -0.2) is 25.4 Å². The maximum absolute atomic E-state index is 10.7. The van der Waals surface area contributed by atoms with Crippen molar-refractivity contribution in [1.29, 1.82) is 0 Å². The van der Waals surface area contributed by atoms with Gasteiger partial charge in [0.05, 0.1) is 13.2 Å². The van der Waals surface area contributed by atoms with Crippen LogP contribution in [0.5, 0.6) is 5.75 Å². The Kier molecular flexibility index (Phi) is 3.69. The Morgan fingerprint density at radius 1 is 1.41 bits per heavy atom. The third kappa shape index (κ3) is 2.61. The molecular weight excluding hydrogens is 216 g/mol. The molecular formula is C14H20O3. The van der Waals surface area contributed by atoms with Gasteiger partial charge in [0.25, 0.3) is 0 Å². The molecule has 1 N–H and O–H groups in total. The van der Waals surface area contributed by atoms with Gasteiger partial charge in [0.2, 0.25) is 0 Å². The van der Waals surface area contributed by atoms with Crippen molar-refractivity contribution in [3.8, 4) is 5.75 Å². The molecule has 94 valence electrons. The molecule has 0 saturated heterocycles. The van der Waals surface area contributed by atoms with Gasteiger partial charge in [0.1, 0.15) is 11.4 Å². The summed E-state index contributed by atoms with van der Waals surface area (Å²) in [6, 6.07) is 7.69. The van der Waals surface area contributed by atoms with E-state index in [2.05, 4.69) is 0 Å². The van der Waals surface area contributed by atoms with E-state index in [1.54, 1.807) is 7.11 Å². The van der Waals surface area contributed by atoms with Gasteiger partial charge in [0, 0.05) is 7.11 Å². The second-order valence-corrected chi connectivity index (χ2v) is 4.59. The first-order chi connectivity index (χ1) is 8.20. The molecule has 0 radical (unpaired) electrons. The maximum Gasteiger partial charge on any atom is 0.119 e. The smallest absolute Gasteiger partial charge is 0.119 e. The maximum atomic E-state index is 10.7. The van der Waals surface area contributed by atoms with Crippen LogP contribution >= 0.6 is 0 Å². The van der Waals surface area contributed by atoms with E-state index in [0.29, 0.717) is 19.1 Å². The number of aliphatic hydroxyl groups is 1. The normalized spacial score (nSPS) is 18.8. The molecule has 0 aliphatic heterocycles. The Hall–Kier alpha value is -1.06. The molecule has 17 heavy (non-hydrogen) atoms. The van der Waals surface area contributed by atoms with Crippen LogP contribution in [0.1, 0.15) is 25.3 Å². The van der Waals surface area contributed by atoms with Crippen molar-refractivity contribution in [1.82, 2.24) is 0 Å². The van der Waals surface area contributed by atoms with Crippen LogP contribution in [0.2, 0.25) is 0 Å². The van der Waals surface area contributed by atoms with E-state index in [-0.39, 0.29) is 0 Å². The molecule has 2 rings (SSSR count). The fraction of sp³-hybridized carbons (Fsp3) is 0.571. The summed E-state index contributed by atoms with van der Waals surface area (Å²) >= 11 is 0. The fourth-order valence-electron chi connectivity index (χ4n) is 2.24. The van der Waals surface area contributed by atoms with Crippen LogP contribution in [-0.2, 0) is 10.3 Å². The predicted octanol–water partition coefficient (Wildman–Crippen LogP) is 2.33. The van der Waals surface area contributed by atoms with E-state index in [1.165, 1.54) is 0 Å². The SMILES string of the molecule is CCOc1cccc(C(O)(COC)C2CC2)c1. The summed E-state index contributed by atoms with van der Waals surface area (Å²) in [4.78, 5) is 0. The largest absolute Gasteiger partial charge is 0.494 e. The second kappa shape index (κ2) is 5.07. The van der Waals surface area contributed by atoms with Crippen LogP contribution in [0, 0.1) is 5.92 Å². The summed E-state index contributed by atoms with van der Waals surface area (Å²) in [5.41, 5.74) is 0.0368. The first-order valence-corrected chi connectivity index (χ1v) is 6.15. The lowest BCUT2D eigenvalue weighted by molar-refractivity contribution is -0.0533. The summed E-state index contributed by atoms with van der Waals surface area (Å²) in [7, 11) is 1.62. The van der Waals surface area contributed by atoms with Crippen LogP contribution in [0.4, 0.5) is 0 Å². The first-order valence-electron chi connectivity index (χ1n) is 6.15. The highest BCUT2D eigenvalue weighted by Gasteiger charge is 2.45. The summed E-state index contributed by atoms with van der Waals surface area (Å²) in [5, 5.41) is 10.7.